The van der Waals surface area contributed by atoms with Crippen molar-refractivity contribution in [1.82, 2.24) is 10.6 Å². The van der Waals surface area contributed by atoms with Gasteiger partial charge in [-0.1, -0.05) is 19.9 Å². The fourth-order valence-electron chi connectivity index (χ4n) is 3.45. The Morgan fingerprint density at radius 1 is 1.29 bits per heavy atom. The number of amides is 1. The Morgan fingerprint density at radius 3 is 2.48 bits per heavy atom. The van der Waals surface area contributed by atoms with E-state index >= 15 is 0 Å². The monoisotopic (exact) mass is 304 g/mol. The average molecular weight is 304 g/mol. The Labute approximate surface area is 123 Å². The van der Waals surface area contributed by atoms with Crippen molar-refractivity contribution in [3.63, 3.8) is 0 Å². The molecule has 0 radical (unpaired) electrons. The first kappa shape index (κ1) is 16.3. The fraction of sp³-hybridized carbons (Fsp3) is 0.800. The van der Waals surface area contributed by atoms with Gasteiger partial charge in [0.2, 0.25) is 5.91 Å². The van der Waals surface area contributed by atoms with E-state index in [1.165, 1.54) is 13.0 Å². The number of piperidine rings is 1. The van der Waals surface area contributed by atoms with E-state index in [1.807, 2.05) is 6.92 Å². The summed E-state index contributed by atoms with van der Waals surface area (Å²) in [4.78, 5) is 12.4. The second kappa shape index (κ2) is 6.38. The maximum atomic E-state index is 13.0. The quantitative estimate of drug-likeness (QED) is 0.770. The van der Waals surface area contributed by atoms with Crippen molar-refractivity contribution in [2.45, 2.75) is 45.3 Å². The minimum atomic E-state index is -4.34. The van der Waals surface area contributed by atoms with E-state index in [4.69, 9.17) is 0 Å². The molecule has 1 heterocycles. The lowest BCUT2D eigenvalue weighted by Gasteiger charge is -2.36. The molecule has 1 fully saturated rings. The van der Waals surface area contributed by atoms with Crippen molar-refractivity contribution < 1.29 is 18.0 Å². The third kappa shape index (κ3) is 3.78. The molecule has 0 aromatic carbocycles. The van der Waals surface area contributed by atoms with E-state index in [2.05, 4.69) is 10.6 Å². The van der Waals surface area contributed by atoms with Gasteiger partial charge >= 0.3 is 6.18 Å². The third-order valence-electron chi connectivity index (χ3n) is 4.67. The summed E-state index contributed by atoms with van der Waals surface area (Å²) in [7, 11) is 0. The zero-order valence-electron chi connectivity index (χ0n) is 12.5. The van der Waals surface area contributed by atoms with Gasteiger partial charge in [0, 0.05) is 17.5 Å². The lowest BCUT2D eigenvalue weighted by atomic mass is 9.72. The molecule has 3 unspecified atom stereocenters. The van der Waals surface area contributed by atoms with Crippen LogP contribution >= 0.6 is 0 Å². The first-order chi connectivity index (χ1) is 9.80. The first-order valence-corrected chi connectivity index (χ1v) is 7.59. The predicted octanol–water partition coefficient (Wildman–Crippen LogP) is 2.64. The van der Waals surface area contributed by atoms with Crippen LogP contribution in [-0.2, 0) is 4.79 Å². The summed E-state index contributed by atoms with van der Waals surface area (Å²) in [6.45, 7) is 5.05. The lowest BCUT2D eigenvalue weighted by molar-refractivity contribution is -0.132. The summed E-state index contributed by atoms with van der Waals surface area (Å²) < 4.78 is 39.0. The van der Waals surface area contributed by atoms with Crippen LogP contribution in [0, 0.1) is 17.8 Å². The zero-order valence-corrected chi connectivity index (χ0v) is 12.5. The second-order valence-corrected chi connectivity index (χ2v) is 6.22. The molecule has 0 saturated carbocycles. The molecule has 0 aromatic heterocycles. The second-order valence-electron chi connectivity index (χ2n) is 6.22. The van der Waals surface area contributed by atoms with Crippen LogP contribution in [0.25, 0.3) is 0 Å². The molecule has 120 valence electrons. The van der Waals surface area contributed by atoms with E-state index in [9.17, 15) is 18.0 Å². The molecule has 1 aliphatic carbocycles. The SMILES string of the molecule is CC1CC=C(C(F)(F)F)C(C)C1C(=O)NC1CCNCC1. The molecule has 2 rings (SSSR count). The van der Waals surface area contributed by atoms with Crippen LogP contribution in [0.1, 0.15) is 33.1 Å². The van der Waals surface area contributed by atoms with Gasteiger partial charge in [-0.25, -0.2) is 0 Å². The van der Waals surface area contributed by atoms with Gasteiger partial charge in [-0.3, -0.25) is 4.79 Å². The molecule has 2 N–H and O–H groups in total. The molecule has 3 nitrogen and oxygen atoms in total. The van der Waals surface area contributed by atoms with Crippen molar-refractivity contribution in [2.24, 2.45) is 17.8 Å². The smallest absolute Gasteiger partial charge is 0.353 e. The molecule has 21 heavy (non-hydrogen) atoms. The molecule has 2 aliphatic rings. The van der Waals surface area contributed by atoms with Crippen LogP contribution in [0.3, 0.4) is 0 Å². The summed E-state index contributed by atoms with van der Waals surface area (Å²) in [6, 6.07) is 0.0818. The van der Waals surface area contributed by atoms with E-state index in [0.29, 0.717) is 6.42 Å². The van der Waals surface area contributed by atoms with Crippen LogP contribution in [-0.4, -0.2) is 31.2 Å². The minimum absolute atomic E-state index is 0.0622. The van der Waals surface area contributed by atoms with Gasteiger partial charge in [0.25, 0.3) is 0 Å². The van der Waals surface area contributed by atoms with E-state index < -0.39 is 23.6 Å². The van der Waals surface area contributed by atoms with Crippen LogP contribution in [0.15, 0.2) is 11.6 Å². The molecular formula is C15H23F3N2O. The van der Waals surface area contributed by atoms with Crippen LogP contribution < -0.4 is 10.6 Å². The molecule has 0 spiro atoms. The summed E-state index contributed by atoms with van der Waals surface area (Å²) in [5.41, 5.74) is -0.550. The maximum absolute atomic E-state index is 13.0. The largest absolute Gasteiger partial charge is 0.412 e. The zero-order chi connectivity index (χ0) is 15.6. The van der Waals surface area contributed by atoms with Gasteiger partial charge in [0.05, 0.1) is 0 Å². The number of allylic oxidation sites excluding steroid dienone is 2. The Balaban J connectivity index is 2.06. The number of halogens is 3. The molecule has 1 aliphatic heterocycles. The normalized spacial score (nSPS) is 31.7. The van der Waals surface area contributed by atoms with Gasteiger partial charge in [-0.05, 0) is 44.2 Å². The van der Waals surface area contributed by atoms with Crippen molar-refractivity contribution in [3.05, 3.63) is 11.6 Å². The van der Waals surface area contributed by atoms with Gasteiger partial charge in [0.15, 0.2) is 0 Å². The Hall–Kier alpha value is -1.04. The molecular weight excluding hydrogens is 281 g/mol. The molecule has 0 aromatic rings. The molecule has 6 heteroatoms. The van der Waals surface area contributed by atoms with Crippen LogP contribution in [0.4, 0.5) is 13.2 Å². The van der Waals surface area contributed by atoms with E-state index in [-0.39, 0.29) is 17.9 Å². The molecule has 1 amide bonds. The lowest BCUT2D eigenvalue weighted by Crippen LogP contribution is -2.48. The van der Waals surface area contributed by atoms with Crippen molar-refractivity contribution in [2.75, 3.05) is 13.1 Å². The minimum Gasteiger partial charge on any atom is -0.353 e. The number of nitrogens with one attached hydrogen (secondary N) is 2. The van der Waals surface area contributed by atoms with Crippen molar-refractivity contribution in [1.29, 1.82) is 0 Å². The number of alkyl halides is 3. The number of rotatable bonds is 2. The Kier molecular flexibility index (Phi) is 4.96. The van der Waals surface area contributed by atoms with Crippen LogP contribution in [0.5, 0.6) is 0 Å². The van der Waals surface area contributed by atoms with Gasteiger partial charge in [0.1, 0.15) is 0 Å². The summed E-state index contributed by atoms with van der Waals surface area (Å²) in [5, 5.41) is 6.15. The summed E-state index contributed by atoms with van der Waals surface area (Å²) >= 11 is 0. The maximum Gasteiger partial charge on any atom is 0.412 e. The van der Waals surface area contributed by atoms with Gasteiger partial charge in [-0.15, -0.1) is 0 Å². The Bertz CT molecular complexity index is 414. The summed E-state index contributed by atoms with van der Waals surface area (Å²) in [5.74, 6) is -1.67. The molecule has 0 bridgehead atoms. The van der Waals surface area contributed by atoms with E-state index in [1.54, 1.807) is 0 Å². The fourth-order valence-corrected chi connectivity index (χ4v) is 3.45. The topological polar surface area (TPSA) is 41.1 Å². The van der Waals surface area contributed by atoms with Crippen molar-refractivity contribution >= 4 is 5.91 Å². The number of carbonyl (C=O) groups is 1. The number of hydrogen-bond donors (Lipinski definition) is 2. The average Bonchev–Trinajstić information content (AvgIpc) is 2.38. The predicted molar refractivity (Wildman–Crippen MR) is 74.6 cm³/mol. The highest BCUT2D eigenvalue weighted by molar-refractivity contribution is 5.80. The van der Waals surface area contributed by atoms with Gasteiger partial charge in [-0.2, -0.15) is 13.2 Å². The number of hydrogen-bond acceptors (Lipinski definition) is 2. The summed E-state index contributed by atoms with van der Waals surface area (Å²) in [6.07, 6.45) is -1.10. The van der Waals surface area contributed by atoms with Gasteiger partial charge < -0.3 is 10.6 Å². The number of carbonyl (C=O) groups excluding carboxylic acids is 1. The van der Waals surface area contributed by atoms with Crippen LogP contribution in [0.2, 0.25) is 0 Å². The van der Waals surface area contributed by atoms with Crippen molar-refractivity contribution in [3.8, 4) is 0 Å². The highest BCUT2D eigenvalue weighted by Crippen LogP contribution is 2.42. The molecule has 3 atom stereocenters. The Morgan fingerprint density at radius 2 is 1.90 bits per heavy atom. The molecule has 1 saturated heterocycles. The third-order valence-corrected chi connectivity index (χ3v) is 4.67. The standard InChI is InChI=1S/C15H23F3N2O/c1-9-3-4-12(15(16,17)18)10(2)13(9)14(21)20-11-5-7-19-8-6-11/h4,9-11,13,19H,3,5-8H2,1-2H3,(H,20,21). The first-order valence-electron chi connectivity index (χ1n) is 7.59. The highest BCUT2D eigenvalue weighted by Gasteiger charge is 2.45. The van der Waals surface area contributed by atoms with E-state index in [0.717, 1.165) is 25.9 Å². The highest BCUT2D eigenvalue weighted by atomic mass is 19.4.